The van der Waals surface area contributed by atoms with Crippen LogP contribution >= 0.6 is 0 Å². The molecule has 0 saturated heterocycles. The highest BCUT2D eigenvalue weighted by atomic mass is 16.5. The van der Waals surface area contributed by atoms with Crippen LogP contribution in [0.25, 0.3) is 0 Å². The van der Waals surface area contributed by atoms with Gasteiger partial charge >= 0.3 is 0 Å². The molecule has 0 spiro atoms. The summed E-state index contributed by atoms with van der Waals surface area (Å²) in [5.74, 6) is 0.924. The lowest BCUT2D eigenvalue weighted by Crippen LogP contribution is -2.23. The first-order valence-electron chi connectivity index (χ1n) is 7.05. The van der Waals surface area contributed by atoms with Gasteiger partial charge in [0, 0.05) is 31.4 Å². The van der Waals surface area contributed by atoms with Gasteiger partial charge in [-0.15, -0.1) is 0 Å². The van der Waals surface area contributed by atoms with Crippen LogP contribution in [0.15, 0.2) is 36.5 Å². The van der Waals surface area contributed by atoms with Gasteiger partial charge in [-0.25, -0.2) is 0 Å². The average molecular weight is 273 g/mol. The number of benzene rings is 1. The van der Waals surface area contributed by atoms with Gasteiger partial charge in [0.05, 0.1) is 6.61 Å². The number of hydrogen-bond donors (Lipinski definition) is 1. The number of rotatable bonds is 7. The van der Waals surface area contributed by atoms with Gasteiger partial charge in [0.1, 0.15) is 5.75 Å². The van der Waals surface area contributed by atoms with Crippen LogP contribution in [0.3, 0.4) is 0 Å². The summed E-state index contributed by atoms with van der Waals surface area (Å²) in [4.78, 5) is 0. The molecule has 0 aliphatic carbocycles. The summed E-state index contributed by atoms with van der Waals surface area (Å²) < 4.78 is 7.64. The van der Waals surface area contributed by atoms with E-state index in [1.54, 1.807) is 0 Å². The van der Waals surface area contributed by atoms with Crippen LogP contribution in [0, 0.1) is 0 Å². The Labute approximate surface area is 120 Å². The van der Waals surface area contributed by atoms with Crippen LogP contribution in [0.1, 0.15) is 18.2 Å². The molecule has 1 atom stereocenters. The molecule has 0 bridgehead atoms. The molecule has 1 aromatic carbocycles. The molecular formula is C16H23N3O. The molecule has 0 amide bonds. The van der Waals surface area contributed by atoms with E-state index < -0.39 is 0 Å². The molecule has 0 radical (unpaired) electrons. The van der Waals surface area contributed by atoms with Gasteiger partial charge in [0.2, 0.25) is 0 Å². The van der Waals surface area contributed by atoms with E-state index in [1.165, 1.54) is 11.3 Å². The average Bonchev–Trinajstić information content (AvgIpc) is 2.86. The minimum Gasteiger partial charge on any atom is -0.493 e. The third kappa shape index (κ3) is 4.10. The Bertz CT molecular complexity index is 519. The molecule has 1 unspecified atom stereocenters. The van der Waals surface area contributed by atoms with E-state index >= 15 is 0 Å². The van der Waals surface area contributed by atoms with E-state index in [9.17, 15) is 0 Å². The largest absolute Gasteiger partial charge is 0.493 e. The second-order valence-corrected chi connectivity index (χ2v) is 5.08. The molecular weight excluding hydrogens is 250 g/mol. The summed E-state index contributed by atoms with van der Waals surface area (Å²) in [6, 6.07) is 10.9. The van der Waals surface area contributed by atoms with Crippen molar-refractivity contribution < 1.29 is 4.74 Å². The van der Waals surface area contributed by atoms with Gasteiger partial charge in [-0.2, -0.15) is 5.10 Å². The zero-order valence-corrected chi connectivity index (χ0v) is 12.5. The summed E-state index contributed by atoms with van der Waals surface area (Å²) in [6.45, 7) is 2.85. The van der Waals surface area contributed by atoms with E-state index in [4.69, 9.17) is 4.74 Å². The molecule has 0 fully saturated rings. The van der Waals surface area contributed by atoms with Gasteiger partial charge in [-0.1, -0.05) is 12.1 Å². The van der Waals surface area contributed by atoms with E-state index in [0.29, 0.717) is 12.6 Å². The van der Waals surface area contributed by atoms with Gasteiger partial charge in [0.25, 0.3) is 0 Å². The molecule has 20 heavy (non-hydrogen) atoms. The first-order chi connectivity index (χ1) is 9.69. The molecule has 1 N–H and O–H groups in total. The number of likely N-dealkylation sites (N-methyl/N-ethyl adjacent to an activating group) is 1. The Morgan fingerprint density at radius 1 is 1.25 bits per heavy atom. The van der Waals surface area contributed by atoms with Crippen molar-refractivity contribution in [2.45, 2.75) is 25.8 Å². The summed E-state index contributed by atoms with van der Waals surface area (Å²) >= 11 is 0. The van der Waals surface area contributed by atoms with E-state index in [-0.39, 0.29) is 0 Å². The van der Waals surface area contributed by atoms with Crippen molar-refractivity contribution in [3.05, 3.63) is 47.8 Å². The van der Waals surface area contributed by atoms with E-state index in [1.807, 2.05) is 43.2 Å². The van der Waals surface area contributed by atoms with Gasteiger partial charge < -0.3 is 10.1 Å². The number of aryl methyl sites for hydroxylation is 1. The van der Waals surface area contributed by atoms with Crippen molar-refractivity contribution >= 4 is 0 Å². The predicted molar refractivity (Wildman–Crippen MR) is 81.1 cm³/mol. The second kappa shape index (κ2) is 7.10. The van der Waals surface area contributed by atoms with Crippen molar-refractivity contribution in [1.82, 2.24) is 15.1 Å². The number of aromatic nitrogens is 2. The van der Waals surface area contributed by atoms with Crippen LogP contribution in [0.2, 0.25) is 0 Å². The van der Waals surface area contributed by atoms with Crippen molar-refractivity contribution in [2.24, 2.45) is 7.05 Å². The lowest BCUT2D eigenvalue weighted by molar-refractivity contribution is 0.318. The normalized spacial score (nSPS) is 12.3. The quantitative estimate of drug-likeness (QED) is 0.840. The number of hydrogen-bond acceptors (Lipinski definition) is 3. The smallest absolute Gasteiger partial charge is 0.119 e. The molecule has 0 saturated carbocycles. The molecule has 2 rings (SSSR count). The highest BCUT2D eigenvalue weighted by molar-refractivity contribution is 5.27. The van der Waals surface area contributed by atoms with Crippen molar-refractivity contribution in [2.75, 3.05) is 13.7 Å². The fourth-order valence-corrected chi connectivity index (χ4v) is 2.10. The summed E-state index contributed by atoms with van der Waals surface area (Å²) in [7, 11) is 3.94. The second-order valence-electron chi connectivity index (χ2n) is 5.08. The highest BCUT2D eigenvalue weighted by Crippen LogP contribution is 2.14. The van der Waals surface area contributed by atoms with Crippen molar-refractivity contribution in [3.63, 3.8) is 0 Å². The lowest BCUT2D eigenvalue weighted by atomic mass is 10.1. The first kappa shape index (κ1) is 14.6. The molecule has 1 aromatic heterocycles. The number of nitrogens with zero attached hydrogens (tertiary/aromatic N) is 2. The van der Waals surface area contributed by atoms with Crippen molar-refractivity contribution in [1.29, 1.82) is 0 Å². The molecule has 108 valence electrons. The van der Waals surface area contributed by atoms with Crippen LogP contribution in [0.4, 0.5) is 0 Å². The van der Waals surface area contributed by atoms with Crippen LogP contribution in [0.5, 0.6) is 5.75 Å². The Hall–Kier alpha value is -1.81. The molecule has 0 aliphatic heterocycles. The summed E-state index contributed by atoms with van der Waals surface area (Å²) in [5.41, 5.74) is 2.51. The van der Waals surface area contributed by atoms with E-state index in [0.717, 1.165) is 18.6 Å². The summed E-state index contributed by atoms with van der Waals surface area (Å²) in [5, 5.41) is 7.39. The number of ether oxygens (including phenoxy) is 1. The predicted octanol–water partition coefficient (Wildman–Crippen LogP) is 2.19. The van der Waals surface area contributed by atoms with Crippen LogP contribution in [-0.4, -0.2) is 29.5 Å². The molecule has 1 heterocycles. The maximum absolute atomic E-state index is 5.76. The van der Waals surface area contributed by atoms with Crippen molar-refractivity contribution in [3.8, 4) is 5.75 Å². The Balaban J connectivity index is 1.80. The fourth-order valence-electron chi connectivity index (χ4n) is 2.10. The maximum atomic E-state index is 5.76. The minimum absolute atomic E-state index is 0.492. The maximum Gasteiger partial charge on any atom is 0.119 e. The van der Waals surface area contributed by atoms with Crippen LogP contribution in [-0.2, 0) is 19.9 Å². The SMILES string of the molecule is CNC(C)Cc1ccc(OCCc2ccnn2C)cc1. The summed E-state index contributed by atoms with van der Waals surface area (Å²) in [6.07, 6.45) is 3.72. The molecule has 0 aliphatic rings. The zero-order chi connectivity index (χ0) is 14.4. The highest BCUT2D eigenvalue weighted by Gasteiger charge is 2.02. The molecule has 2 aromatic rings. The monoisotopic (exact) mass is 273 g/mol. The molecule has 4 heteroatoms. The molecule has 4 nitrogen and oxygen atoms in total. The van der Waals surface area contributed by atoms with Gasteiger partial charge in [-0.3, -0.25) is 4.68 Å². The lowest BCUT2D eigenvalue weighted by Gasteiger charge is -2.11. The third-order valence-electron chi connectivity index (χ3n) is 3.51. The first-order valence-corrected chi connectivity index (χ1v) is 7.05. The van der Waals surface area contributed by atoms with Crippen LogP contribution < -0.4 is 10.1 Å². The van der Waals surface area contributed by atoms with Gasteiger partial charge in [0.15, 0.2) is 0 Å². The third-order valence-corrected chi connectivity index (χ3v) is 3.51. The standard InChI is InChI=1S/C16H23N3O/c1-13(17-2)12-14-4-6-16(7-5-14)20-11-9-15-8-10-18-19(15)3/h4-8,10,13,17H,9,11-12H2,1-3H3. The zero-order valence-electron chi connectivity index (χ0n) is 12.5. The Morgan fingerprint density at radius 3 is 2.60 bits per heavy atom. The Morgan fingerprint density at radius 2 is 2.00 bits per heavy atom. The fraction of sp³-hybridized carbons (Fsp3) is 0.438. The minimum atomic E-state index is 0.492. The van der Waals surface area contributed by atoms with E-state index in [2.05, 4.69) is 29.5 Å². The Kier molecular flexibility index (Phi) is 5.18. The topological polar surface area (TPSA) is 39.1 Å². The van der Waals surface area contributed by atoms with Gasteiger partial charge in [-0.05, 0) is 44.2 Å². The number of nitrogens with one attached hydrogen (secondary N) is 1.